The van der Waals surface area contributed by atoms with Crippen LogP contribution in [0.2, 0.25) is 0 Å². The van der Waals surface area contributed by atoms with Crippen LogP contribution < -0.4 is 0 Å². The lowest BCUT2D eigenvalue weighted by atomic mass is 10.1. The lowest BCUT2D eigenvalue weighted by Crippen LogP contribution is -2.09. The molecule has 0 unspecified atom stereocenters. The minimum atomic E-state index is -0.344. The highest BCUT2D eigenvalue weighted by Crippen LogP contribution is 2.25. The largest absolute Gasteiger partial charge is 0.461 e. The van der Waals surface area contributed by atoms with E-state index in [1.165, 1.54) is 12.1 Å². The van der Waals surface area contributed by atoms with E-state index >= 15 is 0 Å². The molecule has 23 heavy (non-hydrogen) atoms. The lowest BCUT2D eigenvalue weighted by molar-refractivity contribution is 0.0517. The van der Waals surface area contributed by atoms with Gasteiger partial charge in [-0.1, -0.05) is 18.6 Å². The van der Waals surface area contributed by atoms with Crippen molar-refractivity contribution in [3.63, 3.8) is 0 Å². The van der Waals surface area contributed by atoms with E-state index in [4.69, 9.17) is 4.74 Å². The summed E-state index contributed by atoms with van der Waals surface area (Å²) in [6, 6.07) is 6.40. The number of carbonyl (C=O) groups is 1. The predicted molar refractivity (Wildman–Crippen MR) is 84.9 cm³/mol. The van der Waals surface area contributed by atoms with Crippen LogP contribution in [-0.4, -0.2) is 22.4 Å². The van der Waals surface area contributed by atoms with E-state index in [-0.39, 0.29) is 11.8 Å². The van der Waals surface area contributed by atoms with Gasteiger partial charge in [-0.2, -0.15) is 5.10 Å². The maximum Gasteiger partial charge on any atom is 0.359 e. The Labute approximate surface area is 135 Å². The van der Waals surface area contributed by atoms with Gasteiger partial charge >= 0.3 is 5.97 Å². The lowest BCUT2D eigenvalue weighted by Gasteiger charge is -2.07. The summed E-state index contributed by atoms with van der Waals surface area (Å²) in [7, 11) is 0. The van der Waals surface area contributed by atoms with E-state index in [0.717, 1.165) is 48.9 Å². The van der Waals surface area contributed by atoms with E-state index in [9.17, 15) is 9.18 Å². The smallest absolute Gasteiger partial charge is 0.359 e. The Morgan fingerprint density at radius 1 is 1.22 bits per heavy atom. The first-order valence-corrected chi connectivity index (χ1v) is 8.19. The second-order valence-electron chi connectivity index (χ2n) is 5.84. The standard InChI is InChI=1S/C18H21FN2O2/c1-2-23-18(22)17-15-6-4-3-5-7-16(15)21(20-17)12-13-8-10-14(19)11-9-13/h8-11H,2-7,12H2,1H3. The monoisotopic (exact) mass is 316 g/mol. The van der Waals surface area contributed by atoms with Gasteiger partial charge in [0.2, 0.25) is 0 Å². The van der Waals surface area contributed by atoms with Crippen molar-refractivity contribution >= 4 is 5.97 Å². The molecular formula is C18H21FN2O2. The first kappa shape index (κ1) is 15.7. The highest BCUT2D eigenvalue weighted by Gasteiger charge is 2.24. The number of hydrogen-bond acceptors (Lipinski definition) is 3. The molecule has 0 saturated heterocycles. The molecule has 1 aromatic carbocycles. The van der Waals surface area contributed by atoms with E-state index in [2.05, 4.69) is 5.10 Å². The van der Waals surface area contributed by atoms with Crippen molar-refractivity contribution in [3.05, 3.63) is 52.6 Å². The molecule has 122 valence electrons. The van der Waals surface area contributed by atoms with Gasteiger partial charge in [0.15, 0.2) is 5.69 Å². The zero-order chi connectivity index (χ0) is 16.2. The summed E-state index contributed by atoms with van der Waals surface area (Å²) in [5.41, 5.74) is 3.57. The van der Waals surface area contributed by atoms with Crippen molar-refractivity contribution in [2.45, 2.75) is 45.6 Å². The topological polar surface area (TPSA) is 44.1 Å². The number of carbonyl (C=O) groups excluding carboxylic acids is 1. The number of nitrogens with zero attached hydrogens (tertiary/aromatic N) is 2. The van der Waals surface area contributed by atoms with Crippen LogP contribution in [0.1, 0.15) is 53.5 Å². The van der Waals surface area contributed by atoms with Gasteiger partial charge in [-0.05, 0) is 50.3 Å². The maximum absolute atomic E-state index is 13.1. The molecule has 3 rings (SSSR count). The van der Waals surface area contributed by atoms with Crippen LogP contribution in [-0.2, 0) is 24.1 Å². The average Bonchev–Trinajstić information content (AvgIpc) is 2.72. The van der Waals surface area contributed by atoms with Crippen LogP contribution >= 0.6 is 0 Å². The van der Waals surface area contributed by atoms with Gasteiger partial charge in [-0.15, -0.1) is 0 Å². The summed E-state index contributed by atoms with van der Waals surface area (Å²) >= 11 is 0. The molecular weight excluding hydrogens is 295 g/mol. The molecule has 0 N–H and O–H groups in total. The Kier molecular flexibility index (Phi) is 4.74. The summed E-state index contributed by atoms with van der Waals surface area (Å²) in [4.78, 5) is 12.2. The van der Waals surface area contributed by atoms with Crippen molar-refractivity contribution < 1.29 is 13.9 Å². The van der Waals surface area contributed by atoms with Crippen LogP contribution in [0.5, 0.6) is 0 Å². The number of ether oxygens (including phenoxy) is 1. The number of fused-ring (bicyclic) bond motifs is 1. The molecule has 4 nitrogen and oxygen atoms in total. The number of rotatable bonds is 4. The molecule has 0 fully saturated rings. The van der Waals surface area contributed by atoms with Crippen molar-refractivity contribution in [1.29, 1.82) is 0 Å². The predicted octanol–water partition coefficient (Wildman–Crippen LogP) is 3.52. The van der Waals surface area contributed by atoms with Crippen molar-refractivity contribution in [2.75, 3.05) is 6.61 Å². The molecule has 0 aliphatic heterocycles. The molecule has 1 aliphatic rings. The number of esters is 1. The van der Waals surface area contributed by atoms with E-state index in [0.29, 0.717) is 18.8 Å². The SMILES string of the molecule is CCOC(=O)c1nn(Cc2ccc(F)cc2)c2c1CCCCC2. The van der Waals surface area contributed by atoms with Gasteiger partial charge in [0, 0.05) is 11.3 Å². The molecule has 0 saturated carbocycles. The zero-order valence-electron chi connectivity index (χ0n) is 13.3. The van der Waals surface area contributed by atoms with Gasteiger partial charge < -0.3 is 4.74 Å². The van der Waals surface area contributed by atoms with Crippen LogP contribution in [0.3, 0.4) is 0 Å². The van der Waals surface area contributed by atoms with Crippen molar-refractivity contribution in [3.8, 4) is 0 Å². The highest BCUT2D eigenvalue weighted by molar-refractivity contribution is 5.89. The summed E-state index contributed by atoms with van der Waals surface area (Å²) in [5.74, 6) is -0.594. The van der Waals surface area contributed by atoms with Gasteiger partial charge in [0.05, 0.1) is 13.2 Å². The molecule has 1 aromatic heterocycles. The molecule has 0 spiro atoms. The van der Waals surface area contributed by atoms with Gasteiger partial charge in [0.1, 0.15) is 5.82 Å². The van der Waals surface area contributed by atoms with Crippen LogP contribution in [0, 0.1) is 5.82 Å². The van der Waals surface area contributed by atoms with Crippen LogP contribution in [0.25, 0.3) is 0 Å². The Morgan fingerprint density at radius 3 is 2.70 bits per heavy atom. The second kappa shape index (κ2) is 6.94. The third-order valence-electron chi connectivity index (χ3n) is 4.22. The van der Waals surface area contributed by atoms with Gasteiger partial charge in [0.25, 0.3) is 0 Å². The molecule has 5 heteroatoms. The fourth-order valence-electron chi connectivity index (χ4n) is 3.10. The minimum absolute atomic E-state index is 0.250. The first-order chi connectivity index (χ1) is 11.2. The Morgan fingerprint density at radius 2 is 1.96 bits per heavy atom. The Bertz CT molecular complexity index is 692. The zero-order valence-corrected chi connectivity index (χ0v) is 13.3. The summed E-state index contributed by atoms with van der Waals surface area (Å²) in [6.07, 6.45) is 5.12. The summed E-state index contributed by atoms with van der Waals surface area (Å²) in [5, 5.41) is 4.52. The molecule has 0 radical (unpaired) electrons. The summed E-state index contributed by atoms with van der Waals surface area (Å²) < 4.78 is 20.1. The summed E-state index contributed by atoms with van der Waals surface area (Å²) in [6.45, 7) is 2.69. The fourth-order valence-corrected chi connectivity index (χ4v) is 3.10. The Hall–Kier alpha value is -2.17. The third kappa shape index (κ3) is 3.44. The molecule has 1 heterocycles. The highest BCUT2D eigenvalue weighted by atomic mass is 19.1. The number of halogens is 1. The number of aromatic nitrogens is 2. The average molecular weight is 316 g/mol. The Balaban J connectivity index is 1.95. The number of hydrogen-bond donors (Lipinski definition) is 0. The second-order valence-corrected chi connectivity index (χ2v) is 5.84. The van der Waals surface area contributed by atoms with E-state index < -0.39 is 0 Å². The molecule has 0 amide bonds. The van der Waals surface area contributed by atoms with E-state index in [1.807, 2.05) is 4.68 Å². The fraction of sp³-hybridized carbons (Fsp3) is 0.444. The van der Waals surface area contributed by atoms with Gasteiger partial charge in [-0.3, -0.25) is 4.68 Å². The quantitative estimate of drug-likeness (QED) is 0.640. The van der Waals surface area contributed by atoms with Crippen molar-refractivity contribution in [2.24, 2.45) is 0 Å². The molecule has 0 atom stereocenters. The normalized spacial score (nSPS) is 14.2. The molecule has 1 aliphatic carbocycles. The van der Waals surface area contributed by atoms with Crippen LogP contribution in [0.15, 0.2) is 24.3 Å². The maximum atomic E-state index is 13.1. The number of benzene rings is 1. The van der Waals surface area contributed by atoms with E-state index in [1.54, 1.807) is 19.1 Å². The molecule has 0 bridgehead atoms. The van der Waals surface area contributed by atoms with Gasteiger partial charge in [-0.25, -0.2) is 9.18 Å². The first-order valence-electron chi connectivity index (χ1n) is 8.19. The molecule has 2 aromatic rings. The third-order valence-corrected chi connectivity index (χ3v) is 4.22. The minimum Gasteiger partial charge on any atom is -0.461 e. The van der Waals surface area contributed by atoms with Crippen molar-refractivity contribution in [1.82, 2.24) is 9.78 Å². The van der Waals surface area contributed by atoms with Crippen LogP contribution in [0.4, 0.5) is 4.39 Å².